The molecule has 0 atom stereocenters. The van der Waals surface area contributed by atoms with E-state index < -0.39 is 17.7 Å². The number of amides is 3. The molecule has 0 unspecified atom stereocenters. The van der Waals surface area contributed by atoms with E-state index in [2.05, 4.69) is 32.0 Å². The van der Waals surface area contributed by atoms with Gasteiger partial charge < -0.3 is 10.6 Å². The molecule has 0 aliphatic rings. The number of benzene rings is 3. The molecule has 1 heterocycles. The van der Waals surface area contributed by atoms with Crippen molar-refractivity contribution in [3.63, 3.8) is 0 Å². The summed E-state index contributed by atoms with van der Waals surface area (Å²) in [4.78, 5) is 38.2. The highest BCUT2D eigenvalue weighted by atomic mass is 79.9. The van der Waals surface area contributed by atoms with Gasteiger partial charge in [-0.1, -0.05) is 69.5 Å². The molecule has 7 nitrogen and oxygen atoms in total. The van der Waals surface area contributed by atoms with Crippen molar-refractivity contribution in [1.82, 2.24) is 9.99 Å². The molecule has 3 N–H and O–H groups in total. The van der Waals surface area contributed by atoms with E-state index in [1.807, 2.05) is 30.3 Å². The molecule has 4 aromatic rings. The lowest BCUT2D eigenvalue weighted by atomic mass is 10.1. The predicted molar refractivity (Wildman–Crippen MR) is 142 cm³/mol. The number of aromatic nitrogens is 1. The van der Waals surface area contributed by atoms with Crippen molar-refractivity contribution in [2.45, 2.75) is 6.42 Å². The molecule has 0 aliphatic heterocycles. The van der Waals surface area contributed by atoms with Gasteiger partial charge in [0, 0.05) is 21.4 Å². The maximum Gasteiger partial charge on any atom is 0.328 e. The highest BCUT2D eigenvalue weighted by Gasteiger charge is 2.21. The molecule has 0 fully saturated rings. The van der Waals surface area contributed by atoms with Crippen LogP contribution in [0.1, 0.15) is 16.1 Å². The van der Waals surface area contributed by atoms with Crippen molar-refractivity contribution in [3.8, 4) is 0 Å². The molecule has 0 radical (unpaired) electrons. The Bertz CT molecular complexity index is 1420. The van der Waals surface area contributed by atoms with E-state index in [0.29, 0.717) is 28.0 Å². The lowest BCUT2D eigenvalue weighted by Crippen LogP contribution is -2.40. The van der Waals surface area contributed by atoms with Crippen molar-refractivity contribution in [1.29, 1.82) is 0 Å². The molecular weight excluding hydrogens is 555 g/mol. The first-order valence-electron chi connectivity index (χ1n) is 10.5. The van der Waals surface area contributed by atoms with E-state index in [4.69, 9.17) is 23.2 Å². The standard InChI is InChI=1S/C25H19BrCl2N4O3/c26-17-6-9-21-16(12-17)13-22(23(33)30-20-8-7-18(27)14-19(20)28)32(21)31-25(35)24(34)29-11-10-15-4-2-1-3-5-15/h1-9,12-14H,10-11H2,(H,29,34)(H,30,33)(H,31,35). The van der Waals surface area contributed by atoms with Gasteiger partial charge in [0.1, 0.15) is 5.69 Å². The highest BCUT2D eigenvalue weighted by Crippen LogP contribution is 2.27. The molecule has 4 rings (SSSR count). The van der Waals surface area contributed by atoms with Gasteiger partial charge in [-0.3, -0.25) is 19.8 Å². The number of carbonyl (C=O) groups excluding carboxylic acids is 3. The van der Waals surface area contributed by atoms with E-state index in [-0.39, 0.29) is 17.3 Å². The average molecular weight is 574 g/mol. The summed E-state index contributed by atoms with van der Waals surface area (Å²) >= 11 is 15.5. The van der Waals surface area contributed by atoms with Crippen LogP contribution in [0.4, 0.5) is 5.69 Å². The Hall–Kier alpha value is -3.33. The first-order valence-corrected chi connectivity index (χ1v) is 12.1. The maximum atomic E-state index is 13.1. The predicted octanol–water partition coefficient (Wildman–Crippen LogP) is 5.39. The van der Waals surface area contributed by atoms with Crippen molar-refractivity contribution in [2.24, 2.45) is 0 Å². The van der Waals surface area contributed by atoms with E-state index >= 15 is 0 Å². The number of nitrogens with zero attached hydrogens (tertiary/aromatic N) is 1. The number of halogens is 3. The number of anilines is 1. The van der Waals surface area contributed by atoms with Gasteiger partial charge in [0.2, 0.25) is 0 Å². The van der Waals surface area contributed by atoms with E-state index in [1.54, 1.807) is 36.4 Å². The summed E-state index contributed by atoms with van der Waals surface area (Å²) in [7, 11) is 0. The minimum atomic E-state index is -0.906. The van der Waals surface area contributed by atoms with Gasteiger partial charge in [-0.15, -0.1) is 0 Å². The van der Waals surface area contributed by atoms with Crippen LogP contribution in [0.3, 0.4) is 0 Å². The van der Waals surface area contributed by atoms with Gasteiger partial charge >= 0.3 is 11.8 Å². The SMILES string of the molecule is O=C(NCCc1ccccc1)C(=O)Nn1c(C(=O)Nc2ccc(Cl)cc2Cl)cc2cc(Br)ccc21. The quantitative estimate of drug-likeness (QED) is 0.270. The number of carbonyl (C=O) groups is 3. The van der Waals surface area contributed by atoms with Crippen LogP contribution in [0, 0.1) is 0 Å². The van der Waals surface area contributed by atoms with Gasteiger partial charge in [0.25, 0.3) is 5.91 Å². The Kier molecular flexibility index (Phi) is 7.75. The molecule has 3 amide bonds. The lowest BCUT2D eigenvalue weighted by Gasteiger charge is -2.13. The monoisotopic (exact) mass is 572 g/mol. The third kappa shape index (κ3) is 6.03. The van der Waals surface area contributed by atoms with Crippen molar-refractivity contribution in [2.75, 3.05) is 17.3 Å². The third-order valence-electron chi connectivity index (χ3n) is 5.14. The number of hydrogen-bond acceptors (Lipinski definition) is 3. The molecule has 0 aliphatic carbocycles. The van der Waals surface area contributed by atoms with Gasteiger partial charge in [0.05, 0.1) is 16.2 Å². The summed E-state index contributed by atoms with van der Waals surface area (Å²) in [5.41, 5.74) is 4.55. The van der Waals surface area contributed by atoms with Crippen molar-refractivity contribution < 1.29 is 14.4 Å². The van der Waals surface area contributed by atoms with Crippen molar-refractivity contribution >= 4 is 73.4 Å². The average Bonchev–Trinajstić information content (AvgIpc) is 3.18. The van der Waals surface area contributed by atoms with Crippen LogP contribution in [-0.4, -0.2) is 28.9 Å². The molecule has 1 aromatic heterocycles. The Balaban J connectivity index is 1.53. The molecule has 10 heteroatoms. The smallest absolute Gasteiger partial charge is 0.328 e. The second-order valence-electron chi connectivity index (χ2n) is 7.58. The fourth-order valence-corrected chi connectivity index (χ4v) is 4.28. The van der Waals surface area contributed by atoms with Gasteiger partial charge in [0.15, 0.2) is 0 Å². The largest absolute Gasteiger partial charge is 0.347 e. The van der Waals surface area contributed by atoms with Crippen molar-refractivity contribution in [3.05, 3.63) is 98.6 Å². The molecule has 0 saturated carbocycles. The van der Waals surface area contributed by atoms with Gasteiger partial charge in [-0.2, -0.15) is 0 Å². The topological polar surface area (TPSA) is 92.2 Å². The number of nitrogens with one attached hydrogen (secondary N) is 3. The van der Waals surface area contributed by atoms with Crippen LogP contribution in [0.2, 0.25) is 10.0 Å². The van der Waals surface area contributed by atoms with E-state index in [9.17, 15) is 14.4 Å². The molecule has 0 saturated heterocycles. The first-order chi connectivity index (χ1) is 16.8. The lowest BCUT2D eigenvalue weighted by molar-refractivity contribution is -0.136. The summed E-state index contributed by atoms with van der Waals surface area (Å²) in [6.07, 6.45) is 0.579. The van der Waals surface area contributed by atoms with Crippen LogP contribution < -0.4 is 16.1 Å². The summed E-state index contributed by atoms with van der Waals surface area (Å²) in [6.45, 7) is 0.290. The Morgan fingerprint density at radius 3 is 2.40 bits per heavy atom. The fraction of sp³-hybridized carbons (Fsp3) is 0.0800. The normalized spacial score (nSPS) is 10.7. The summed E-state index contributed by atoms with van der Waals surface area (Å²) in [6, 6.07) is 21.2. The summed E-state index contributed by atoms with van der Waals surface area (Å²) < 4.78 is 2.07. The van der Waals surface area contributed by atoms with Crippen LogP contribution in [-0.2, 0) is 16.0 Å². The Labute approximate surface area is 219 Å². The number of hydrogen-bond donors (Lipinski definition) is 3. The van der Waals surface area contributed by atoms with Gasteiger partial charge in [-0.05, 0) is 54.4 Å². The Morgan fingerprint density at radius 2 is 1.66 bits per heavy atom. The molecule has 178 valence electrons. The second kappa shape index (κ2) is 10.9. The Morgan fingerprint density at radius 1 is 0.886 bits per heavy atom. The van der Waals surface area contributed by atoms with E-state index in [1.165, 1.54) is 10.7 Å². The zero-order chi connectivity index (χ0) is 24.9. The van der Waals surface area contributed by atoms with Crippen LogP contribution in [0.25, 0.3) is 10.9 Å². The van der Waals surface area contributed by atoms with Crippen LogP contribution >= 0.6 is 39.1 Å². The summed E-state index contributed by atoms with van der Waals surface area (Å²) in [5.74, 6) is -2.25. The minimum absolute atomic E-state index is 0.106. The molecule has 35 heavy (non-hydrogen) atoms. The second-order valence-corrected chi connectivity index (χ2v) is 9.34. The zero-order valence-corrected chi connectivity index (χ0v) is 21.2. The number of fused-ring (bicyclic) bond motifs is 1. The molecular formula is C25H19BrCl2N4O3. The van der Waals surface area contributed by atoms with Crippen LogP contribution in [0.15, 0.2) is 77.3 Å². The molecule has 3 aromatic carbocycles. The van der Waals surface area contributed by atoms with Crippen LogP contribution in [0.5, 0.6) is 0 Å². The molecule has 0 bridgehead atoms. The summed E-state index contributed by atoms with van der Waals surface area (Å²) in [5, 5.41) is 6.68. The minimum Gasteiger partial charge on any atom is -0.347 e. The van der Waals surface area contributed by atoms with E-state index in [0.717, 1.165) is 10.0 Å². The fourth-order valence-electron chi connectivity index (χ4n) is 3.45. The zero-order valence-electron chi connectivity index (χ0n) is 18.1. The third-order valence-corrected chi connectivity index (χ3v) is 6.18. The first kappa shape index (κ1) is 24.8. The number of rotatable bonds is 6. The highest BCUT2D eigenvalue weighted by molar-refractivity contribution is 9.10. The molecule has 0 spiro atoms. The van der Waals surface area contributed by atoms with Gasteiger partial charge in [-0.25, -0.2) is 4.68 Å². The maximum absolute atomic E-state index is 13.1.